The van der Waals surface area contributed by atoms with Crippen molar-refractivity contribution >= 4 is 0 Å². The molecule has 1 heterocycles. The molecule has 1 N–H and O–H groups in total. The minimum Gasteiger partial charge on any atom is -0.508 e. The molecule has 0 spiro atoms. The molecule has 0 unspecified atom stereocenters. The average molecular weight is 229 g/mol. The molecule has 0 saturated carbocycles. The monoisotopic (exact) mass is 229 g/mol. The van der Waals surface area contributed by atoms with Gasteiger partial charge in [-0.25, -0.2) is 0 Å². The third kappa shape index (κ3) is 1.67. The van der Waals surface area contributed by atoms with Crippen LogP contribution in [0.15, 0.2) is 30.9 Å². The van der Waals surface area contributed by atoms with Crippen LogP contribution in [-0.4, -0.2) is 29.1 Å². The summed E-state index contributed by atoms with van der Waals surface area (Å²) in [4.78, 5) is 2.51. The van der Waals surface area contributed by atoms with E-state index < -0.39 is 0 Å². The largest absolute Gasteiger partial charge is 0.508 e. The first-order chi connectivity index (χ1) is 8.31. The number of rotatable bonds is 2. The van der Waals surface area contributed by atoms with E-state index in [4.69, 9.17) is 0 Å². The fourth-order valence-corrected chi connectivity index (χ4v) is 3.58. The Balaban J connectivity index is 1.96. The fourth-order valence-electron chi connectivity index (χ4n) is 3.58. The molecule has 0 bridgehead atoms. The second-order valence-electron chi connectivity index (χ2n) is 5.13. The van der Waals surface area contributed by atoms with E-state index in [2.05, 4.69) is 17.5 Å². The summed E-state index contributed by atoms with van der Waals surface area (Å²) in [5, 5.41) is 10.1. The Labute approximate surface area is 103 Å². The van der Waals surface area contributed by atoms with Crippen molar-refractivity contribution in [2.45, 2.75) is 31.2 Å². The zero-order valence-corrected chi connectivity index (χ0v) is 10.1. The molecule has 2 atom stereocenters. The van der Waals surface area contributed by atoms with Crippen LogP contribution in [0.5, 0.6) is 5.75 Å². The van der Waals surface area contributed by atoms with Crippen LogP contribution >= 0.6 is 0 Å². The van der Waals surface area contributed by atoms with Crippen molar-refractivity contribution in [3.05, 3.63) is 42.0 Å². The molecule has 1 aromatic carbocycles. The van der Waals surface area contributed by atoms with Gasteiger partial charge in [0.25, 0.3) is 0 Å². The molecule has 1 aliphatic heterocycles. The SMILES string of the molecule is C=CCN1CC[C@H]2c3c(O)cccc3CC[C@@H]21. The Kier molecular flexibility index (Phi) is 2.67. The zero-order valence-electron chi connectivity index (χ0n) is 10.1. The van der Waals surface area contributed by atoms with Crippen molar-refractivity contribution < 1.29 is 5.11 Å². The average Bonchev–Trinajstić information content (AvgIpc) is 2.73. The predicted octanol–water partition coefficient (Wildman–Crippen LogP) is 2.68. The lowest BCUT2D eigenvalue weighted by molar-refractivity contribution is 0.247. The van der Waals surface area contributed by atoms with Crippen molar-refractivity contribution in [2.24, 2.45) is 0 Å². The molecule has 0 amide bonds. The van der Waals surface area contributed by atoms with Gasteiger partial charge >= 0.3 is 0 Å². The summed E-state index contributed by atoms with van der Waals surface area (Å²) >= 11 is 0. The lowest BCUT2D eigenvalue weighted by Gasteiger charge is -2.33. The molecule has 1 aliphatic carbocycles. The number of aryl methyl sites for hydroxylation is 1. The molecule has 17 heavy (non-hydrogen) atoms. The van der Waals surface area contributed by atoms with E-state index in [1.807, 2.05) is 18.2 Å². The number of phenols is 1. The molecule has 3 rings (SSSR count). The zero-order chi connectivity index (χ0) is 11.8. The molecule has 2 nitrogen and oxygen atoms in total. The summed E-state index contributed by atoms with van der Waals surface area (Å²) in [5.74, 6) is 1.03. The van der Waals surface area contributed by atoms with Gasteiger partial charge in [0, 0.05) is 24.1 Å². The van der Waals surface area contributed by atoms with E-state index >= 15 is 0 Å². The van der Waals surface area contributed by atoms with Crippen LogP contribution in [0.1, 0.15) is 29.9 Å². The summed E-state index contributed by atoms with van der Waals surface area (Å²) in [6, 6.07) is 6.57. The summed E-state index contributed by atoms with van der Waals surface area (Å²) in [6.07, 6.45) is 5.47. The summed E-state index contributed by atoms with van der Waals surface area (Å²) in [6.45, 7) is 5.94. The minimum absolute atomic E-state index is 0.498. The van der Waals surface area contributed by atoms with E-state index in [0.29, 0.717) is 17.7 Å². The number of aromatic hydroxyl groups is 1. The summed E-state index contributed by atoms with van der Waals surface area (Å²) < 4.78 is 0. The van der Waals surface area contributed by atoms with Gasteiger partial charge in [-0.05, 0) is 37.4 Å². The van der Waals surface area contributed by atoms with E-state index in [0.717, 1.165) is 19.5 Å². The highest BCUT2D eigenvalue weighted by Crippen LogP contribution is 2.44. The van der Waals surface area contributed by atoms with Gasteiger partial charge in [0.2, 0.25) is 0 Å². The molecule has 0 radical (unpaired) electrons. The number of fused-ring (bicyclic) bond motifs is 3. The van der Waals surface area contributed by atoms with Crippen molar-refractivity contribution in [1.29, 1.82) is 0 Å². The number of hydrogen-bond acceptors (Lipinski definition) is 2. The Morgan fingerprint density at radius 3 is 3.12 bits per heavy atom. The molecule has 0 aromatic heterocycles. The smallest absolute Gasteiger partial charge is 0.119 e. The molecular weight excluding hydrogens is 210 g/mol. The maximum absolute atomic E-state index is 10.1. The Hall–Kier alpha value is -1.28. The van der Waals surface area contributed by atoms with Gasteiger partial charge in [-0.1, -0.05) is 18.2 Å². The summed E-state index contributed by atoms with van der Waals surface area (Å²) in [5.41, 5.74) is 2.57. The first-order valence-corrected chi connectivity index (χ1v) is 6.47. The topological polar surface area (TPSA) is 23.5 Å². The molecule has 2 aliphatic rings. The highest BCUT2D eigenvalue weighted by Gasteiger charge is 2.39. The highest BCUT2D eigenvalue weighted by atomic mass is 16.3. The molecule has 1 aromatic rings. The first-order valence-electron chi connectivity index (χ1n) is 6.47. The quantitative estimate of drug-likeness (QED) is 0.788. The van der Waals surface area contributed by atoms with Gasteiger partial charge in [-0.2, -0.15) is 0 Å². The van der Waals surface area contributed by atoms with Gasteiger partial charge < -0.3 is 5.11 Å². The van der Waals surface area contributed by atoms with Gasteiger partial charge in [0.1, 0.15) is 5.75 Å². The normalized spacial score (nSPS) is 27.5. The van der Waals surface area contributed by atoms with Crippen LogP contribution in [0.4, 0.5) is 0 Å². The standard InChI is InChI=1S/C15H19NO/c1-2-9-16-10-8-12-13(16)7-6-11-4-3-5-14(17)15(11)12/h2-5,12-13,17H,1,6-10H2/t12-,13+/m1/s1. The lowest BCUT2D eigenvalue weighted by Crippen LogP contribution is -2.35. The number of phenolic OH excluding ortho intramolecular Hbond substituents is 1. The molecule has 1 saturated heterocycles. The molecule has 90 valence electrons. The third-order valence-electron chi connectivity index (χ3n) is 4.28. The van der Waals surface area contributed by atoms with Crippen LogP contribution < -0.4 is 0 Å². The van der Waals surface area contributed by atoms with E-state index in [1.165, 1.54) is 24.0 Å². The van der Waals surface area contributed by atoms with E-state index in [-0.39, 0.29) is 0 Å². The minimum atomic E-state index is 0.498. The van der Waals surface area contributed by atoms with Crippen LogP contribution in [0.3, 0.4) is 0 Å². The molecule has 1 fully saturated rings. The van der Waals surface area contributed by atoms with Crippen LogP contribution in [0.25, 0.3) is 0 Å². The lowest BCUT2D eigenvalue weighted by atomic mass is 9.79. The maximum Gasteiger partial charge on any atom is 0.119 e. The van der Waals surface area contributed by atoms with Crippen molar-refractivity contribution in [1.82, 2.24) is 4.90 Å². The number of likely N-dealkylation sites (tertiary alicyclic amines) is 1. The maximum atomic E-state index is 10.1. The Morgan fingerprint density at radius 1 is 1.41 bits per heavy atom. The fraction of sp³-hybridized carbons (Fsp3) is 0.467. The second kappa shape index (κ2) is 4.19. The second-order valence-corrected chi connectivity index (χ2v) is 5.13. The van der Waals surface area contributed by atoms with Gasteiger partial charge in [0.05, 0.1) is 0 Å². The summed E-state index contributed by atoms with van der Waals surface area (Å²) in [7, 11) is 0. The van der Waals surface area contributed by atoms with Crippen LogP contribution in [-0.2, 0) is 6.42 Å². The molecular formula is C15H19NO. The van der Waals surface area contributed by atoms with Gasteiger partial charge in [0.15, 0.2) is 0 Å². The van der Waals surface area contributed by atoms with E-state index in [1.54, 1.807) is 0 Å². The third-order valence-corrected chi connectivity index (χ3v) is 4.28. The van der Waals surface area contributed by atoms with Crippen molar-refractivity contribution in [3.8, 4) is 5.75 Å². The Morgan fingerprint density at radius 2 is 2.29 bits per heavy atom. The number of nitrogens with zero attached hydrogens (tertiary/aromatic N) is 1. The predicted molar refractivity (Wildman–Crippen MR) is 69.3 cm³/mol. The Bertz CT molecular complexity index is 441. The molecule has 2 heteroatoms. The highest BCUT2D eigenvalue weighted by molar-refractivity contribution is 5.45. The van der Waals surface area contributed by atoms with E-state index in [9.17, 15) is 5.11 Å². The first kappa shape index (κ1) is 10.8. The van der Waals surface area contributed by atoms with Crippen LogP contribution in [0.2, 0.25) is 0 Å². The number of benzene rings is 1. The van der Waals surface area contributed by atoms with Gasteiger partial charge in [-0.3, -0.25) is 4.90 Å². The van der Waals surface area contributed by atoms with Crippen LogP contribution in [0, 0.1) is 0 Å². The van der Waals surface area contributed by atoms with Gasteiger partial charge in [-0.15, -0.1) is 6.58 Å². The number of hydrogen-bond donors (Lipinski definition) is 1. The van der Waals surface area contributed by atoms with Crippen molar-refractivity contribution in [3.63, 3.8) is 0 Å². The van der Waals surface area contributed by atoms with Crippen molar-refractivity contribution in [2.75, 3.05) is 13.1 Å².